The zero-order valence-corrected chi connectivity index (χ0v) is 13.2. The minimum atomic E-state index is -0.418. The average Bonchev–Trinajstić information content (AvgIpc) is 2.54. The normalized spacial score (nSPS) is 22.5. The molecule has 1 N–H and O–H groups in total. The molecule has 1 aliphatic rings. The molecule has 0 saturated carbocycles. The monoisotopic (exact) mass is 270 g/mol. The first-order valence-electron chi connectivity index (χ1n) is 7.44. The fourth-order valence-electron chi connectivity index (χ4n) is 2.53. The van der Waals surface area contributed by atoms with E-state index in [-0.39, 0.29) is 6.09 Å². The zero-order valence-electron chi connectivity index (χ0n) is 13.2. The van der Waals surface area contributed by atoms with Crippen LogP contribution in [0.5, 0.6) is 0 Å². The molecule has 1 heterocycles. The summed E-state index contributed by atoms with van der Waals surface area (Å²) in [5.74, 6) is 1.16. The van der Waals surface area contributed by atoms with Crippen molar-refractivity contribution >= 4 is 6.09 Å². The van der Waals surface area contributed by atoms with E-state index in [2.05, 4.69) is 12.2 Å². The van der Waals surface area contributed by atoms with E-state index < -0.39 is 5.60 Å². The van der Waals surface area contributed by atoms with Crippen molar-refractivity contribution in [2.75, 3.05) is 26.7 Å². The highest BCUT2D eigenvalue weighted by atomic mass is 16.6. The van der Waals surface area contributed by atoms with Crippen molar-refractivity contribution in [3.63, 3.8) is 0 Å². The molecule has 19 heavy (non-hydrogen) atoms. The third-order valence-corrected chi connectivity index (χ3v) is 3.66. The van der Waals surface area contributed by atoms with Crippen LogP contribution in [0.1, 0.15) is 47.0 Å². The summed E-state index contributed by atoms with van der Waals surface area (Å²) in [7, 11) is 1.83. The topological polar surface area (TPSA) is 41.6 Å². The third-order valence-electron chi connectivity index (χ3n) is 3.66. The van der Waals surface area contributed by atoms with E-state index in [0.29, 0.717) is 11.8 Å². The summed E-state index contributed by atoms with van der Waals surface area (Å²) < 4.78 is 5.38. The van der Waals surface area contributed by atoms with E-state index in [9.17, 15) is 4.79 Å². The summed E-state index contributed by atoms with van der Waals surface area (Å²) in [6.45, 7) is 10.9. The number of carbonyl (C=O) groups is 1. The number of hydrogen-bond donors (Lipinski definition) is 1. The molecule has 0 spiro atoms. The molecule has 1 rings (SSSR count). The van der Waals surface area contributed by atoms with Gasteiger partial charge in [-0.15, -0.1) is 0 Å². The number of rotatable bonds is 3. The Morgan fingerprint density at radius 1 is 1.42 bits per heavy atom. The van der Waals surface area contributed by atoms with Crippen molar-refractivity contribution < 1.29 is 9.53 Å². The van der Waals surface area contributed by atoms with E-state index in [1.165, 1.54) is 19.3 Å². The number of ether oxygens (including phenoxy) is 1. The fraction of sp³-hybridized carbons (Fsp3) is 0.933. The van der Waals surface area contributed by atoms with Crippen LogP contribution in [0.4, 0.5) is 4.79 Å². The molecule has 0 radical (unpaired) electrons. The van der Waals surface area contributed by atoms with Crippen molar-refractivity contribution in [3.8, 4) is 0 Å². The highest BCUT2D eigenvalue weighted by molar-refractivity contribution is 5.67. The van der Waals surface area contributed by atoms with Gasteiger partial charge in [-0.1, -0.05) is 13.3 Å². The Morgan fingerprint density at radius 2 is 2.11 bits per heavy atom. The minimum Gasteiger partial charge on any atom is -0.444 e. The van der Waals surface area contributed by atoms with E-state index in [4.69, 9.17) is 4.74 Å². The molecule has 1 amide bonds. The van der Waals surface area contributed by atoms with Crippen molar-refractivity contribution in [1.82, 2.24) is 10.2 Å². The standard InChI is InChI=1S/C15H30N2O2/c1-12(13-8-6-7-9-16-10-13)11-17(5)14(18)19-15(2,3)4/h12-13,16H,6-11H2,1-5H3. The molecule has 4 nitrogen and oxygen atoms in total. The SMILES string of the molecule is CC(CN(C)C(=O)OC(C)(C)C)C1CCCCNC1. The third kappa shape index (κ3) is 6.28. The van der Waals surface area contributed by atoms with Crippen LogP contribution in [0.25, 0.3) is 0 Å². The smallest absolute Gasteiger partial charge is 0.410 e. The van der Waals surface area contributed by atoms with E-state index >= 15 is 0 Å². The summed E-state index contributed by atoms with van der Waals surface area (Å²) in [6, 6.07) is 0. The minimum absolute atomic E-state index is 0.221. The maximum absolute atomic E-state index is 11.9. The van der Waals surface area contributed by atoms with Gasteiger partial charge < -0.3 is 15.0 Å². The Balaban J connectivity index is 2.41. The lowest BCUT2D eigenvalue weighted by Crippen LogP contribution is -2.39. The van der Waals surface area contributed by atoms with E-state index in [0.717, 1.165) is 19.6 Å². The van der Waals surface area contributed by atoms with Gasteiger partial charge in [0.05, 0.1) is 0 Å². The first kappa shape index (κ1) is 16.3. The van der Waals surface area contributed by atoms with Gasteiger partial charge in [-0.05, 0) is 58.5 Å². The van der Waals surface area contributed by atoms with Gasteiger partial charge in [-0.2, -0.15) is 0 Å². The van der Waals surface area contributed by atoms with Crippen LogP contribution in [-0.4, -0.2) is 43.3 Å². The Bertz CT molecular complexity index is 278. The second kappa shape index (κ2) is 7.13. The van der Waals surface area contributed by atoms with Gasteiger partial charge in [0.25, 0.3) is 0 Å². The predicted molar refractivity (Wildman–Crippen MR) is 78.2 cm³/mol. The molecule has 4 heteroatoms. The van der Waals surface area contributed by atoms with Crippen molar-refractivity contribution in [1.29, 1.82) is 0 Å². The molecule has 0 bridgehead atoms. The molecule has 2 atom stereocenters. The van der Waals surface area contributed by atoms with Crippen LogP contribution in [0.2, 0.25) is 0 Å². The second-order valence-electron chi connectivity index (χ2n) is 6.80. The highest BCUT2D eigenvalue weighted by Gasteiger charge is 2.24. The molecule has 112 valence electrons. The maximum Gasteiger partial charge on any atom is 0.410 e. The Morgan fingerprint density at radius 3 is 2.74 bits per heavy atom. The predicted octanol–water partition coefficient (Wildman–Crippen LogP) is 2.88. The zero-order chi connectivity index (χ0) is 14.5. The summed E-state index contributed by atoms with van der Waals surface area (Å²) in [6.07, 6.45) is 3.60. The lowest BCUT2D eigenvalue weighted by Gasteiger charge is -2.29. The molecule has 1 saturated heterocycles. The van der Waals surface area contributed by atoms with E-state index in [1.807, 2.05) is 27.8 Å². The molecule has 0 aliphatic carbocycles. The molecule has 1 fully saturated rings. The molecule has 1 aliphatic heterocycles. The summed E-state index contributed by atoms with van der Waals surface area (Å²) in [4.78, 5) is 13.6. The Hall–Kier alpha value is -0.770. The first-order valence-corrected chi connectivity index (χ1v) is 7.44. The highest BCUT2D eigenvalue weighted by Crippen LogP contribution is 2.21. The van der Waals surface area contributed by atoms with Gasteiger partial charge in [0.2, 0.25) is 0 Å². The van der Waals surface area contributed by atoms with Crippen molar-refractivity contribution in [3.05, 3.63) is 0 Å². The largest absolute Gasteiger partial charge is 0.444 e. The van der Waals surface area contributed by atoms with Crippen LogP contribution in [0.15, 0.2) is 0 Å². The van der Waals surface area contributed by atoms with Crippen LogP contribution < -0.4 is 5.32 Å². The van der Waals surface area contributed by atoms with Gasteiger partial charge in [0, 0.05) is 13.6 Å². The molecule has 2 unspecified atom stereocenters. The quantitative estimate of drug-likeness (QED) is 0.857. The van der Waals surface area contributed by atoms with Gasteiger partial charge in [-0.3, -0.25) is 0 Å². The number of amides is 1. The number of hydrogen-bond acceptors (Lipinski definition) is 3. The molecule has 0 aromatic rings. The molecule has 0 aromatic carbocycles. The Kier molecular flexibility index (Phi) is 6.11. The number of carbonyl (C=O) groups excluding carboxylic acids is 1. The van der Waals surface area contributed by atoms with Gasteiger partial charge in [-0.25, -0.2) is 4.79 Å². The Labute approximate surface area is 117 Å². The number of nitrogens with zero attached hydrogens (tertiary/aromatic N) is 1. The van der Waals surface area contributed by atoms with Crippen molar-refractivity contribution in [2.24, 2.45) is 11.8 Å². The first-order chi connectivity index (χ1) is 8.79. The summed E-state index contributed by atoms with van der Waals surface area (Å²) in [5, 5.41) is 3.48. The van der Waals surface area contributed by atoms with Crippen molar-refractivity contribution in [2.45, 2.75) is 52.6 Å². The van der Waals surface area contributed by atoms with Gasteiger partial charge >= 0.3 is 6.09 Å². The lowest BCUT2D eigenvalue weighted by molar-refractivity contribution is 0.0260. The number of nitrogens with one attached hydrogen (secondary N) is 1. The average molecular weight is 270 g/mol. The van der Waals surface area contributed by atoms with Crippen LogP contribution in [-0.2, 0) is 4.74 Å². The van der Waals surface area contributed by atoms with Gasteiger partial charge in [0.15, 0.2) is 0 Å². The van der Waals surface area contributed by atoms with Crippen LogP contribution in [0, 0.1) is 11.8 Å². The fourth-order valence-corrected chi connectivity index (χ4v) is 2.53. The second-order valence-corrected chi connectivity index (χ2v) is 6.80. The van der Waals surface area contributed by atoms with Crippen LogP contribution >= 0.6 is 0 Å². The molecular formula is C15H30N2O2. The van der Waals surface area contributed by atoms with Gasteiger partial charge in [0.1, 0.15) is 5.60 Å². The summed E-state index contributed by atoms with van der Waals surface area (Å²) >= 11 is 0. The van der Waals surface area contributed by atoms with Crippen LogP contribution in [0.3, 0.4) is 0 Å². The molecular weight excluding hydrogens is 240 g/mol. The lowest BCUT2D eigenvalue weighted by atomic mass is 9.89. The van der Waals surface area contributed by atoms with E-state index in [1.54, 1.807) is 4.90 Å². The summed E-state index contributed by atoms with van der Waals surface area (Å²) in [5.41, 5.74) is -0.418. The molecule has 0 aromatic heterocycles. The maximum atomic E-state index is 11.9.